The van der Waals surface area contributed by atoms with Gasteiger partial charge in [-0.1, -0.05) is 37.6 Å². The first-order chi connectivity index (χ1) is 10.0. The fraction of sp³-hybridized carbons (Fsp3) is 0.375. The number of aromatic nitrogens is 2. The molecule has 0 bridgehead atoms. The van der Waals surface area contributed by atoms with E-state index in [-0.39, 0.29) is 0 Å². The molecule has 4 nitrogen and oxygen atoms in total. The Bertz CT molecular complexity index is 581. The normalized spacial score (nSPS) is 10.7. The van der Waals surface area contributed by atoms with Crippen molar-refractivity contribution in [3.63, 3.8) is 0 Å². The summed E-state index contributed by atoms with van der Waals surface area (Å²) in [5.41, 5.74) is 2.10. The lowest BCUT2D eigenvalue weighted by Crippen LogP contribution is -2.12. The number of nitrogens with zero attached hydrogens (tertiary/aromatic N) is 2. The number of aryl methyl sites for hydroxylation is 1. The van der Waals surface area contributed by atoms with Crippen molar-refractivity contribution in [2.24, 2.45) is 5.92 Å². The molecule has 0 amide bonds. The first-order valence-corrected chi connectivity index (χ1v) is 7.48. The maximum atomic E-state index is 5.88. The van der Waals surface area contributed by atoms with Crippen molar-refractivity contribution in [2.45, 2.75) is 27.3 Å². The lowest BCUT2D eigenvalue weighted by molar-refractivity contribution is 0.684. The molecule has 1 heterocycles. The van der Waals surface area contributed by atoms with Crippen LogP contribution in [-0.4, -0.2) is 16.5 Å². The van der Waals surface area contributed by atoms with Gasteiger partial charge in [-0.15, -0.1) is 0 Å². The minimum atomic E-state index is 0.555. The van der Waals surface area contributed by atoms with Gasteiger partial charge in [0.1, 0.15) is 5.82 Å². The summed E-state index contributed by atoms with van der Waals surface area (Å²) in [7, 11) is 0. The number of nitrogens with one attached hydrogen (secondary N) is 2. The largest absolute Gasteiger partial charge is 0.366 e. The molecule has 0 aliphatic heterocycles. The van der Waals surface area contributed by atoms with Crippen molar-refractivity contribution in [3.8, 4) is 0 Å². The number of benzene rings is 1. The second kappa shape index (κ2) is 7.27. The van der Waals surface area contributed by atoms with Crippen LogP contribution in [0.4, 0.5) is 11.8 Å². The molecule has 0 spiro atoms. The smallest absolute Gasteiger partial charge is 0.224 e. The Morgan fingerprint density at radius 2 is 1.81 bits per heavy atom. The minimum Gasteiger partial charge on any atom is -0.366 e. The maximum Gasteiger partial charge on any atom is 0.224 e. The lowest BCUT2D eigenvalue weighted by Gasteiger charge is -2.11. The highest BCUT2D eigenvalue weighted by molar-refractivity contribution is 6.30. The topological polar surface area (TPSA) is 49.8 Å². The van der Waals surface area contributed by atoms with E-state index in [1.807, 2.05) is 37.3 Å². The van der Waals surface area contributed by atoms with Gasteiger partial charge in [0.25, 0.3) is 0 Å². The number of hydrogen-bond donors (Lipinski definition) is 2. The summed E-state index contributed by atoms with van der Waals surface area (Å²) in [6.07, 6.45) is 0. The average Bonchev–Trinajstić information content (AvgIpc) is 2.44. The molecule has 2 aromatic rings. The van der Waals surface area contributed by atoms with Crippen LogP contribution in [0.3, 0.4) is 0 Å². The van der Waals surface area contributed by atoms with Crippen LogP contribution in [0.15, 0.2) is 30.3 Å². The predicted molar refractivity (Wildman–Crippen MR) is 88.9 cm³/mol. The van der Waals surface area contributed by atoms with Crippen molar-refractivity contribution >= 4 is 23.4 Å². The van der Waals surface area contributed by atoms with E-state index in [2.05, 4.69) is 34.4 Å². The molecule has 0 radical (unpaired) electrons. The summed E-state index contributed by atoms with van der Waals surface area (Å²) in [4.78, 5) is 8.87. The summed E-state index contributed by atoms with van der Waals surface area (Å²) >= 11 is 5.88. The maximum absolute atomic E-state index is 5.88. The highest BCUT2D eigenvalue weighted by Crippen LogP contribution is 2.13. The first-order valence-electron chi connectivity index (χ1n) is 7.11. The van der Waals surface area contributed by atoms with E-state index in [1.54, 1.807) is 0 Å². The number of halogens is 1. The van der Waals surface area contributed by atoms with E-state index < -0.39 is 0 Å². The average molecular weight is 305 g/mol. The summed E-state index contributed by atoms with van der Waals surface area (Å²) in [6, 6.07) is 9.72. The molecular formula is C16H21ClN4. The Morgan fingerprint density at radius 1 is 1.10 bits per heavy atom. The zero-order chi connectivity index (χ0) is 15.2. The van der Waals surface area contributed by atoms with Gasteiger partial charge < -0.3 is 10.6 Å². The van der Waals surface area contributed by atoms with Crippen molar-refractivity contribution in [1.29, 1.82) is 0 Å². The standard InChI is InChI=1S/C16H21ClN4/c1-11(2)9-19-16-20-12(3)8-15(21-16)18-10-13-4-6-14(17)7-5-13/h4-8,11H,9-10H2,1-3H3,(H2,18,19,20,21). The van der Waals surface area contributed by atoms with E-state index in [0.717, 1.165) is 28.6 Å². The summed E-state index contributed by atoms with van der Waals surface area (Å²) in [5, 5.41) is 7.31. The van der Waals surface area contributed by atoms with Crippen LogP contribution in [0.25, 0.3) is 0 Å². The Hall–Kier alpha value is -1.81. The lowest BCUT2D eigenvalue weighted by atomic mass is 10.2. The minimum absolute atomic E-state index is 0.555. The van der Waals surface area contributed by atoms with Crippen LogP contribution in [0, 0.1) is 12.8 Å². The summed E-state index contributed by atoms with van der Waals surface area (Å²) in [5.74, 6) is 2.05. The monoisotopic (exact) mass is 304 g/mol. The van der Waals surface area contributed by atoms with E-state index >= 15 is 0 Å². The molecule has 1 aromatic carbocycles. The fourth-order valence-electron chi connectivity index (χ4n) is 1.83. The highest BCUT2D eigenvalue weighted by atomic mass is 35.5. The van der Waals surface area contributed by atoms with Gasteiger partial charge in [0, 0.05) is 29.9 Å². The highest BCUT2D eigenvalue weighted by Gasteiger charge is 2.03. The van der Waals surface area contributed by atoms with Crippen LogP contribution in [-0.2, 0) is 6.54 Å². The van der Waals surface area contributed by atoms with Crippen LogP contribution in [0.1, 0.15) is 25.1 Å². The molecule has 0 unspecified atom stereocenters. The third kappa shape index (κ3) is 5.23. The Kier molecular flexibility index (Phi) is 5.39. The Morgan fingerprint density at radius 3 is 2.48 bits per heavy atom. The van der Waals surface area contributed by atoms with Crippen LogP contribution >= 0.6 is 11.6 Å². The van der Waals surface area contributed by atoms with E-state index in [0.29, 0.717) is 18.4 Å². The van der Waals surface area contributed by atoms with Gasteiger partial charge in [0.15, 0.2) is 0 Å². The molecule has 5 heteroatoms. The quantitative estimate of drug-likeness (QED) is 0.843. The zero-order valence-corrected chi connectivity index (χ0v) is 13.4. The molecule has 112 valence electrons. The molecule has 0 saturated heterocycles. The van der Waals surface area contributed by atoms with Gasteiger partial charge in [0.05, 0.1) is 0 Å². The van der Waals surface area contributed by atoms with Crippen molar-refractivity contribution in [1.82, 2.24) is 9.97 Å². The molecule has 0 saturated carbocycles. The van der Waals surface area contributed by atoms with Crippen molar-refractivity contribution in [2.75, 3.05) is 17.2 Å². The van der Waals surface area contributed by atoms with Crippen LogP contribution < -0.4 is 10.6 Å². The van der Waals surface area contributed by atoms with Crippen molar-refractivity contribution < 1.29 is 0 Å². The van der Waals surface area contributed by atoms with Gasteiger partial charge >= 0.3 is 0 Å². The third-order valence-electron chi connectivity index (χ3n) is 2.91. The molecule has 0 fully saturated rings. The Labute approximate surface area is 131 Å². The fourth-order valence-corrected chi connectivity index (χ4v) is 1.95. The van der Waals surface area contributed by atoms with E-state index in [4.69, 9.17) is 11.6 Å². The SMILES string of the molecule is Cc1cc(NCc2ccc(Cl)cc2)nc(NCC(C)C)n1. The molecular weight excluding hydrogens is 284 g/mol. The first kappa shape index (κ1) is 15.6. The molecule has 2 N–H and O–H groups in total. The predicted octanol–water partition coefficient (Wildman–Crippen LogP) is 4.12. The van der Waals surface area contributed by atoms with Gasteiger partial charge in [-0.25, -0.2) is 4.98 Å². The molecule has 0 aliphatic rings. The van der Waals surface area contributed by atoms with Crippen LogP contribution in [0.2, 0.25) is 5.02 Å². The number of hydrogen-bond acceptors (Lipinski definition) is 4. The van der Waals surface area contributed by atoms with Gasteiger partial charge in [0.2, 0.25) is 5.95 Å². The van der Waals surface area contributed by atoms with Crippen LogP contribution in [0.5, 0.6) is 0 Å². The van der Waals surface area contributed by atoms with Gasteiger partial charge in [-0.05, 0) is 30.5 Å². The Balaban J connectivity index is 2.00. The second-order valence-electron chi connectivity index (χ2n) is 5.47. The summed E-state index contributed by atoms with van der Waals surface area (Å²) in [6.45, 7) is 7.85. The van der Waals surface area contributed by atoms with Gasteiger partial charge in [-0.2, -0.15) is 4.98 Å². The van der Waals surface area contributed by atoms with E-state index in [1.165, 1.54) is 0 Å². The zero-order valence-electron chi connectivity index (χ0n) is 12.7. The van der Waals surface area contributed by atoms with Gasteiger partial charge in [-0.3, -0.25) is 0 Å². The molecule has 2 rings (SSSR count). The second-order valence-corrected chi connectivity index (χ2v) is 5.91. The third-order valence-corrected chi connectivity index (χ3v) is 3.16. The van der Waals surface area contributed by atoms with E-state index in [9.17, 15) is 0 Å². The number of rotatable bonds is 6. The molecule has 1 aromatic heterocycles. The molecule has 21 heavy (non-hydrogen) atoms. The van der Waals surface area contributed by atoms with Crippen molar-refractivity contribution in [3.05, 3.63) is 46.6 Å². The summed E-state index contributed by atoms with van der Waals surface area (Å²) < 4.78 is 0. The molecule has 0 aliphatic carbocycles. The number of anilines is 2. The molecule has 0 atom stereocenters.